The molecule has 36 heavy (non-hydrogen) atoms. The average Bonchev–Trinajstić information content (AvgIpc) is 3.50. The lowest BCUT2D eigenvalue weighted by Crippen LogP contribution is -2.38. The summed E-state index contributed by atoms with van der Waals surface area (Å²) < 4.78 is 19.9. The van der Waals surface area contributed by atoms with Gasteiger partial charge in [0.1, 0.15) is 17.1 Å². The zero-order valence-corrected chi connectivity index (χ0v) is 19.4. The van der Waals surface area contributed by atoms with Crippen LogP contribution in [0.25, 0.3) is 44.6 Å². The molecule has 0 spiro atoms. The number of ether oxygens (including phenoxy) is 1. The number of esters is 1. The molecule has 180 valence electrons. The van der Waals surface area contributed by atoms with Crippen LogP contribution in [0.4, 0.5) is 4.39 Å². The Morgan fingerprint density at radius 3 is 2.72 bits per heavy atom. The molecule has 1 atom stereocenters. The summed E-state index contributed by atoms with van der Waals surface area (Å²) in [6, 6.07) is 5.16. The third kappa shape index (κ3) is 3.45. The zero-order chi connectivity index (χ0) is 24.2. The Labute approximate surface area is 205 Å². The summed E-state index contributed by atoms with van der Waals surface area (Å²) in [6.07, 6.45) is 13.5. The van der Waals surface area contributed by atoms with Gasteiger partial charge < -0.3 is 14.7 Å². The van der Waals surface area contributed by atoms with Gasteiger partial charge in [0.2, 0.25) is 5.88 Å². The number of halogens is 1. The van der Waals surface area contributed by atoms with Gasteiger partial charge in [-0.3, -0.25) is 9.78 Å². The lowest BCUT2D eigenvalue weighted by atomic mass is 9.65. The second-order valence-electron chi connectivity index (χ2n) is 9.82. The van der Waals surface area contributed by atoms with Crippen LogP contribution in [0.2, 0.25) is 0 Å². The molecule has 0 aliphatic heterocycles. The second-order valence-corrected chi connectivity index (χ2v) is 9.82. The maximum absolute atomic E-state index is 13.9. The van der Waals surface area contributed by atoms with Crippen LogP contribution in [0.15, 0.2) is 49.2 Å². The number of hydrogen-bond donors (Lipinski definition) is 2. The highest BCUT2D eigenvalue weighted by Crippen LogP contribution is 2.46. The lowest BCUT2D eigenvalue weighted by Gasteiger charge is -2.40. The Morgan fingerprint density at radius 1 is 1.06 bits per heavy atom. The van der Waals surface area contributed by atoms with E-state index in [1.54, 1.807) is 24.8 Å². The lowest BCUT2D eigenvalue weighted by molar-refractivity contribution is -0.144. The molecule has 3 aliphatic carbocycles. The van der Waals surface area contributed by atoms with E-state index in [0.29, 0.717) is 56.7 Å². The summed E-state index contributed by atoms with van der Waals surface area (Å²) in [6.45, 7) is 0. The first-order valence-corrected chi connectivity index (χ1v) is 12.3. The van der Waals surface area contributed by atoms with Crippen molar-refractivity contribution in [1.29, 1.82) is 0 Å². The molecule has 5 aromatic rings. The van der Waals surface area contributed by atoms with Crippen LogP contribution in [-0.2, 0) is 4.79 Å². The highest BCUT2D eigenvalue weighted by Gasteiger charge is 2.40. The van der Waals surface area contributed by atoms with E-state index in [0.717, 1.165) is 31.0 Å². The van der Waals surface area contributed by atoms with Crippen LogP contribution < -0.4 is 4.74 Å². The molecule has 5 heterocycles. The molecule has 9 heteroatoms. The van der Waals surface area contributed by atoms with E-state index in [2.05, 4.69) is 24.9 Å². The first kappa shape index (κ1) is 21.2. The van der Waals surface area contributed by atoms with E-state index < -0.39 is 5.82 Å². The average molecular weight is 483 g/mol. The van der Waals surface area contributed by atoms with E-state index in [1.165, 1.54) is 18.9 Å². The van der Waals surface area contributed by atoms with Crippen molar-refractivity contribution >= 4 is 28.0 Å². The molecule has 2 bridgehead atoms. The predicted molar refractivity (Wildman–Crippen MR) is 131 cm³/mol. The second kappa shape index (κ2) is 8.22. The van der Waals surface area contributed by atoms with Gasteiger partial charge in [0.25, 0.3) is 0 Å². The Hall–Kier alpha value is -4.14. The summed E-state index contributed by atoms with van der Waals surface area (Å²) in [5, 5.41) is 1.30. The number of hydrogen-bond acceptors (Lipinski definition) is 6. The maximum Gasteiger partial charge on any atom is 0.315 e. The van der Waals surface area contributed by atoms with Gasteiger partial charge in [-0.25, -0.2) is 19.3 Å². The van der Waals surface area contributed by atoms with Crippen molar-refractivity contribution in [2.75, 3.05) is 0 Å². The Kier molecular flexibility index (Phi) is 4.83. The van der Waals surface area contributed by atoms with Crippen molar-refractivity contribution in [2.24, 2.45) is 17.8 Å². The monoisotopic (exact) mass is 482 g/mol. The predicted octanol–water partition coefficient (Wildman–Crippen LogP) is 5.43. The summed E-state index contributed by atoms with van der Waals surface area (Å²) >= 11 is 0. The van der Waals surface area contributed by atoms with Crippen molar-refractivity contribution < 1.29 is 13.9 Å². The van der Waals surface area contributed by atoms with Crippen LogP contribution in [-0.4, -0.2) is 35.9 Å². The largest absolute Gasteiger partial charge is 0.409 e. The number of nitrogens with zero attached hydrogens (tertiary/aromatic N) is 4. The van der Waals surface area contributed by atoms with Gasteiger partial charge in [-0.2, -0.15) is 0 Å². The van der Waals surface area contributed by atoms with E-state index in [-0.39, 0.29) is 11.9 Å². The van der Waals surface area contributed by atoms with Gasteiger partial charge >= 0.3 is 5.97 Å². The first-order chi connectivity index (χ1) is 17.6. The van der Waals surface area contributed by atoms with Gasteiger partial charge in [-0.05, 0) is 43.2 Å². The van der Waals surface area contributed by atoms with Gasteiger partial charge in [-0.15, -0.1) is 0 Å². The van der Waals surface area contributed by atoms with Crippen molar-refractivity contribution in [2.45, 2.75) is 32.1 Å². The van der Waals surface area contributed by atoms with Crippen LogP contribution in [0, 0.1) is 23.6 Å². The number of pyridine rings is 2. The number of carbonyl (C=O) groups is 1. The minimum Gasteiger partial charge on any atom is -0.409 e. The first-order valence-electron chi connectivity index (χ1n) is 12.3. The standard InChI is InChI=1S/C27H23FN6O2/c28-17-9-19-20(12-31-23(19)30-11-17)24-32-13-21-22(16-2-1-7-29-10-16)26(34-25(21)33-24)36-27(35)18-8-14-3-5-15(18)6-4-14/h1-2,7,9-15,18H,3-6,8H2,(H,30,31)(H,32,33,34)/t14?,15?,18-/m1/s1. The third-order valence-electron chi connectivity index (χ3n) is 7.76. The molecule has 2 N–H and O–H groups in total. The molecule has 0 radical (unpaired) electrons. The fourth-order valence-electron chi connectivity index (χ4n) is 5.96. The number of rotatable bonds is 4. The minimum absolute atomic E-state index is 0.0686. The van der Waals surface area contributed by atoms with Crippen LogP contribution in [0.1, 0.15) is 32.1 Å². The summed E-state index contributed by atoms with van der Waals surface area (Å²) in [7, 11) is 0. The van der Waals surface area contributed by atoms with Gasteiger partial charge in [0.05, 0.1) is 17.7 Å². The van der Waals surface area contributed by atoms with E-state index in [4.69, 9.17) is 9.72 Å². The third-order valence-corrected chi connectivity index (χ3v) is 7.76. The summed E-state index contributed by atoms with van der Waals surface area (Å²) in [5.74, 6) is 1.08. The fourth-order valence-corrected chi connectivity index (χ4v) is 5.96. The van der Waals surface area contributed by atoms with E-state index in [9.17, 15) is 9.18 Å². The van der Waals surface area contributed by atoms with Crippen molar-refractivity contribution in [3.05, 3.63) is 55.0 Å². The summed E-state index contributed by atoms with van der Waals surface area (Å²) in [5.41, 5.74) is 3.20. The molecule has 0 unspecified atom stereocenters. The van der Waals surface area contributed by atoms with Crippen LogP contribution >= 0.6 is 0 Å². The van der Waals surface area contributed by atoms with Crippen LogP contribution in [0.3, 0.4) is 0 Å². The molecular formula is C27H23FN6O2. The molecule has 8 rings (SSSR count). The van der Waals surface area contributed by atoms with Gasteiger partial charge in [-0.1, -0.05) is 18.9 Å². The number of fused-ring (bicyclic) bond motifs is 5. The molecule has 8 nitrogen and oxygen atoms in total. The normalized spacial score (nSPS) is 21.3. The van der Waals surface area contributed by atoms with Crippen molar-refractivity contribution in [3.8, 4) is 28.4 Å². The molecule has 0 aromatic carbocycles. The molecule has 5 aromatic heterocycles. The molecule has 3 aliphatic rings. The quantitative estimate of drug-likeness (QED) is 0.331. The highest BCUT2D eigenvalue weighted by molar-refractivity contribution is 5.99. The van der Waals surface area contributed by atoms with Crippen LogP contribution in [0.5, 0.6) is 5.88 Å². The van der Waals surface area contributed by atoms with E-state index >= 15 is 0 Å². The smallest absolute Gasteiger partial charge is 0.315 e. The Bertz CT molecular complexity index is 1600. The fraction of sp³-hybridized carbons (Fsp3) is 0.296. The number of carbonyl (C=O) groups excluding carboxylic acids is 1. The van der Waals surface area contributed by atoms with Gasteiger partial charge in [0.15, 0.2) is 5.82 Å². The molecule has 0 saturated heterocycles. The molecule has 0 amide bonds. The number of aromatic nitrogens is 6. The van der Waals surface area contributed by atoms with Gasteiger partial charge in [0, 0.05) is 46.7 Å². The highest BCUT2D eigenvalue weighted by atomic mass is 19.1. The number of nitrogens with one attached hydrogen (secondary N) is 2. The number of aromatic amines is 2. The molecular weight excluding hydrogens is 459 g/mol. The number of H-pyrrole nitrogens is 2. The van der Waals surface area contributed by atoms with Crippen molar-refractivity contribution in [3.63, 3.8) is 0 Å². The molecule has 3 fully saturated rings. The Balaban J connectivity index is 1.31. The van der Waals surface area contributed by atoms with Crippen molar-refractivity contribution in [1.82, 2.24) is 29.9 Å². The maximum atomic E-state index is 13.9. The van der Waals surface area contributed by atoms with E-state index in [1.807, 2.05) is 12.1 Å². The topological polar surface area (TPSA) is 109 Å². The molecule has 3 saturated carbocycles. The minimum atomic E-state index is -0.436. The zero-order valence-electron chi connectivity index (χ0n) is 19.4. The summed E-state index contributed by atoms with van der Waals surface area (Å²) in [4.78, 5) is 37.2. The Morgan fingerprint density at radius 2 is 1.94 bits per heavy atom. The SMILES string of the molecule is O=C(Oc1[nH]c2nc(-c3c[nH]c4ncc(F)cc34)ncc2c1-c1cccnc1)[C@@H]1CC2CCC1CC2.